The molecule has 2 aliphatic heterocycles. The molecule has 2 aromatic rings. The zero-order valence-corrected chi connectivity index (χ0v) is 17.1. The predicted molar refractivity (Wildman–Crippen MR) is 113 cm³/mol. The lowest BCUT2D eigenvalue weighted by atomic mass is 9.84. The van der Waals surface area contributed by atoms with E-state index >= 15 is 0 Å². The van der Waals surface area contributed by atoms with Crippen LogP contribution in [0, 0.1) is 0 Å². The lowest BCUT2D eigenvalue weighted by molar-refractivity contribution is -0.131. The fourth-order valence-corrected chi connectivity index (χ4v) is 4.00. The molecule has 0 fully saturated rings. The minimum atomic E-state index is -1.16. The molecule has 1 atom stereocenters. The smallest absolute Gasteiger partial charge is 0.261 e. The Labute approximate surface area is 175 Å². The molecule has 0 saturated heterocycles. The van der Waals surface area contributed by atoms with Crippen LogP contribution in [0.15, 0.2) is 47.5 Å². The van der Waals surface area contributed by atoms with E-state index in [1.54, 1.807) is 7.05 Å². The number of halogens is 1. The van der Waals surface area contributed by atoms with E-state index in [9.17, 15) is 4.79 Å². The highest BCUT2D eigenvalue weighted by atomic mass is 35.5. The third-order valence-electron chi connectivity index (χ3n) is 5.44. The molecule has 0 radical (unpaired) electrons. The van der Waals surface area contributed by atoms with Gasteiger partial charge in [0.05, 0.1) is 6.61 Å². The van der Waals surface area contributed by atoms with Crippen LogP contribution in [0.5, 0.6) is 5.75 Å². The van der Waals surface area contributed by atoms with Gasteiger partial charge in [-0.3, -0.25) is 9.69 Å². The summed E-state index contributed by atoms with van der Waals surface area (Å²) >= 11 is 6.19. The number of rotatable bonds is 1. The van der Waals surface area contributed by atoms with Crippen molar-refractivity contribution in [2.45, 2.75) is 24.8 Å². The number of hydrogen-bond acceptors (Lipinski definition) is 5. The molecule has 7 heteroatoms. The molecule has 0 aliphatic carbocycles. The van der Waals surface area contributed by atoms with Crippen molar-refractivity contribution in [2.24, 2.45) is 10.7 Å². The summed E-state index contributed by atoms with van der Waals surface area (Å²) in [4.78, 5) is 19.3. The molecule has 1 amide bonds. The molecular formula is C22H24ClN3O3. The molecule has 4 rings (SSSR count). The van der Waals surface area contributed by atoms with Gasteiger partial charge in [-0.2, -0.15) is 0 Å². The van der Waals surface area contributed by atoms with Crippen LogP contribution in [-0.2, 0) is 15.1 Å². The highest BCUT2D eigenvalue weighted by molar-refractivity contribution is 6.30. The molecule has 2 N–H and O–H groups in total. The Morgan fingerprint density at radius 2 is 1.90 bits per heavy atom. The zero-order valence-electron chi connectivity index (χ0n) is 16.4. The Bertz CT molecular complexity index is 962. The maximum atomic E-state index is 13.3. The van der Waals surface area contributed by atoms with Crippen LogP contribution in [-0.4, -0.2) is 43.6 Å². The monoisotopic (exact) mass is 413 g/mol. The number of fused-ring (bicyclic) bond motifs is 2. The van der Waals surface area contributed by atoms with Crippen LogP contribution in [0.2, 0.25) is 5.02 Å². The largest absolute Gasteiger partial charge is 0.493 e. The van der Waals surface area contributed by atoms with Crippen molar-refractivity contribution in [1.82, 2.24) is 4.90 Å². The second kappa shape index (κ2) is 8.05. The topological polar surface area (TPSA) is 77.2 Å². The molecule has 2 heterocycles. The molecule has 152 valence electrons. The Hall–Kier alpha value is -2.57. The van der Waals surface area contributed by atoms with E-state index in [1.165, 1.54) is 4.90 Å². The number of guanidine groups is 1. The average Bonchev–Trinajstić information content (AvgIpc) is 2.92. The summed E-state index contributed by atoms with van der Waals surface area (Å²) in [6.07, 6.45) is 2.18. The summed E-state index contributed by atoms with van der Waals surface area (Å²) in [6.45, 7) is 1.59. The summed E-state index contributed by atoms with van der Waals surface area (Å²) in [7, 11) is 1.64. The van der Waals surface area contributed by atoms with Gasteiger partial charge in [-0.1, -0.05) is 29.8 Å². The number of carbonyl (C=O) groups is 1. The lowest BCUT2D eigenvalue weighted by Crippen LogP contribution is -2.41. The number of benzene rings is 2. The molecule has 29 heavy (non-hydrogen) atoms. The number of hydrogen-bond donors (Lipinski definition) is 1. The molecule has 1 spiro atoms. The third-order valence-corrected chi connectivity index (χ3v) is 5.67. The van der Waals surface area contributed by atoms with Crippen LogP contribution in [0.3, 0.4) is 0 Å². The number of nitrogens with zero attached hydrogens (tertiary/aromatic N) is 2. The summed E-state index contributed by atoms with van der Waals surface area (Å²) in [6, 6.07) is 13.5. The van der Waals surface area contributed by atoms with Crippen molar-refractivity contribution in [1.29, 1.82) is 0 Å². The second-order valence-electron chi connectivity index (χ2n) is 7.33. The normalized spacial score (nSPS) is 22.6. The number of nitrogens with two attached hydrogens (primary N) is 1. The van der Waals surface area contributed by atoms with Crippen molar-refractivity contribution in [3.05, 3.63) is 53.1 Å². The van der Waals surface area contributed by atoms with Gasteiger partial charge in [0.2, 0.25) is 0 Å². The number of ether oxygens (including phenoxy) is 2. The van der Waals surface area contributed by atoms with Gasteiger partial charge in [0.15, 0.2) is 11.5 Å². The van der Waals surface area contributed by atoms with E-state index < -0.39 is 5.54 Å². The number of likely N-dealkylation sites (N-methyl/N-ethyl adjacent to an activating group) is 1. The van der Waals surface area contributed by atoms with E-state index in [1.807, 2.05) is 42.5 Å². The fraction of sp³-hybridized carbons (Fsp3) is 0.364. The first-order valence-corrected chi connectivity index (χ1v) is 10.1. The van der Waals surface area contributed by atoms with E-state index in [0.717, 1.165) is 24.0 Å². The van der Waals surface area contributed by atoms with Gasteiger partial charge in [-0.25, -0.2) is 4.99 Å². The molecule has 0 bridgehead atoms. The first-order valence-electron chi connectivity index (χ1n) is 9.76. The van der Waals surface area contributed by atoms with Crippen molar-refractivity contribution >= 4 is 23.5 Å². The quantitative estimate of drug-likeness (QED) is 0.775. The minimum Gasteiger partial charge on any atom is -0.493 e. The first-order chi connectivity index (χ1) is 14.0. The van der Waals surface area contributed by atoms with Gasteiger partial charge in [0, 0.05) is 37.3 Å². The highest BCUT2D eigenvalue weighted by Crippen LogP contribution is 2.43. The van der Waals surface area contributed by atoms with Crippen LogP contribution in [0.4, 0.5) is 0 Å². The van der Waals surface area contributed by atoms with E-state index in [4.69, 9.17) is 26.8 Å². The molecule has 0 saturated carbocycles. The van der Waals surface area contributed by atoms with E-state index in [2.05, 4.69) is 4.99 Å². The molecule has 2 aromatic carbocycles. The Morgan fingerprint density at radius 1 is 1.10 bits per heavy atom. The van der Waals surface area contributed by atoms with E-state index in [-0.39, 0.29) is 11.9 Å². The summed E-state index contributed by atoms with van der Waals surface area (Å²) in [5, 5.41) is 0.650. The predicted octanol–water partition coefficient (Wildman–Crippen LogP) is 3.57. The van der Waals surface area contributed by atoms with Gasteiger partial charge in [0.25, 0.3) is 5.91 Å². The van der Waals surface area contributed by atoms with Gasteiger partial charge < -0.3 is 15.2 Å². The van der Waals surface area contributed by atoms with Crippen LogP contribution in [0.1, 0.15) is 24.8 Å². The Kier molecular flexibility index (Phi) is 5.48. The van der Waals surface area contributed by atoms with Crippen molar-refractivity contribution in [3.63, 3.8) is 0 Å². The number of aliphatic imine (C=N–C) groups is 1. The maximum Gasteiger partial charge on any atom is 0.261 e. The average molecular weight is 414 g/mol. The number of amides is 1. The second-order valence-corrected chi connectivity index (χ2v) is 7.77. The Balaban J connectivity index is 1.88. The first kappa shape index (κ1) is 19.7. The SMILES string of the molecule is CN1C(=O)[C@@]2(CCOCCCCOc3ccc(-c4cccc(Cl)c4)cc32)N=C1N. The van der Waals surface area contributed by atoms with E-state index in [0.29, 0.717) is 42.6 Å². The van der Waals surface area contributed by atoms with Gasteiger partial charge in [0.1, 0.15) is 5.75 Å². The Morgan fingerprint density at radius 3 is 2.66 bits per heavy atom. The van der Waals surface area contributed by atoms with Gasteiger partial charge in [-0.15, -0.1) is 0 Å². The molecule has 2 aliphatic rings. The van der Waals surface area contributed by atoms with Gasteiger partial charge in [-0.05, 0) is 48.2 Å². The number of carbonyl (C=O) groups excluding carboxylic acids is 1. The zero-order chi connectivity index (χ0) is 20.4. The standard InChI is InChI=1S/C22H24ClN3O3/c1-26-20(27)22(25-21(26)24)9-12-28-10-2-3-11-29-19-8-7-16(14-18(19)22)15-5-4-6-17(23)13-15/h4-8,13-14H,2-3,9-12H2,1H3,(H2,24,25)/t22-/m0/s1. The van der Waals surface area contributed by atoms with Crippen molar-refractivity contribution in [3.8, 4) is 16.9 Å². The summed E-state index contributed by atoms with van der Waals surface area (Å²) in [5.41, 5.74) is 7.48. The molecule has 0 aromatic heterocycles. The van der Waals surface area contributed by atoms with Crippen molar-refractivity contribution < 1.29 is 14.3 Å². The molecule has 0 unspecified atom stereocenters. The van der Waals surface area contributed by atoms with Crippen LogP contribution in [0.25, 0.3) is 11.1 Å². The molecule has 6 nitrogen and oxygen atoms in total. The van der Waals surface area contributed by atoms with Crippen LogP contribution < -0.4 is 10.5 Å². The summed E-state index contributed by atoms with van der Waals surface area (Å²) < 4.78 is 11.8. The lowest BCUT2D eigenvalue weighted by Gasteiger charge is -2.27. The van der Waals surface area contributed by atoms with Crippen molar-refractivity contribution in [2.75, 3.05) is 26.9 Å². The fourth-order valence-electron chi connectivity index (χ4n) is 3.81. The minimum absolute atomic E-state index is 0.175. The third kappa shape index (κ3) is 3.70. The van der Waals surface area contributed by atoms with Crippen LogP contribution >= 0.6 is 11.6 Å². The van der Waals surface area contributed by atoms with Gasteiger partial charge >= 0.3 is 0 Å². The summed E-state index contributed by atoms with van der Waals surface area (Å²) in [5.74, 6) is 0.674. The molecular weight excluding hydrogens is 390 g/mol. The highest BCUT2D eigenvalue weighted by Gasteiger charge is 2.49. The maximum absolute atomic E-state index is 13.3.